The van der Waals surface area contributed by atoms with E-state index in [2.05, 4.69) is 62.9 Å². The minimum atomic E-state index is 1.07. The monoisotopic (exact) mass is 370 g/mol. The lowest BCUT2D eigenvalue weighted by atomic mass is 10.1. The van der Waals surface area contributed by atoms with Crippen LogP contribution >= 0.6 is 0 Å². The highest BCUT2D eigenvalue weighted by Crippen LogP contribution is 2.40. The van der Waals surface area contributed by atoms with Gasteiger partial charge < -0.3 is 14.4 Å². The quantitative estimate of drug-likeness (QED) is 0.525. The summed E-state index contributed by atoms with van der Waals surface area (Å²) in [6, 6.07) is 17.5. The molecule has 4 heterocycles. The Morgan fingerprint density at radius 1 is 0.750 bits per heavy atom. The van der Waals surface area contributed by atoms with Crippen LogP contribution in [0, 0.1) is 0 Å². The lowest BCUT2D eigenvalue weighted by molar-refractivity contribution is 0.344. The van der Waals surface area contributed by atoms with E-state index in [-0.39, 0.29) is 0 Å². The molecule has 2 aromatic carbocycles. The van der Waals surface area contributed by atoms with Crippen molar-refractivity contribution in [3.63, 3.8) is 0 Å². The molecule has 2 aromatic heterocycles. The molecule has 1 fully saturated rings. The van der Waals surface area contributed by atoms with Gasteiger partial charge in [-0.15, -0.1) is 0 Å². The molecule has 2 aliphatic rings. The van der Waals surface area contributed by atoms with Crippen LogP contribution in [0.4, 0.5) is 5.69 Å². The van der Waals surface area contributed by atoms with Gasteiger partial charge in [0.1, 0.15) is 0 Å². The van der Waals surface area contributed by atoms with E-state index in [4.69, 9.17) is 4.98 Å². The summed E-state index contributed by atoms with van der Waals surface area (Å²) < 4.78 is 2.52. The molecule has 0 atom stereocenters. The Morgan fingerprint density at radius 2 is 1.54 bits per heavy atom. The summed E-state index contributed by atoms with van der Waals surface area (Å²) in [6.45, 7) is 6.98. The Labute approximate surface area is 165 Å². The van der Waals surface area contributed by atoms with Crippen molar-refractivity contribution in [2.45, 2.75) is 25.8 Å². The summed E-state index contributed by atoms with van der Waals surface area (Å²) in [5.74, 6) is 0. The van der Waals surface area contributed by atoms with Gasteiger partial charge in [0.15, 0.2) is 0 Å². The Balaban J connectivity index is 1.60. The number of anilines is 1. The minimum Gasteiger partial charge on any atom is -0.368 e. The van der Waals surface area contributed by atoms with Crippen LogP contribution < -0.4 is 4.90 Å². The first-order valence-electron chi connectivity index (χ1n) is 10.7. The lowest BCUT2D eigenvalue weighted by Gasteiger charge is -2.27. The fraction of sp³-hybridized carbons (Fsp3) is 0.375. The zero-order valence-electron chi connectivity index (χ0n) is 16.3. The van der Waals surface area contributed by atoms with Gasteiger partial charge in [-0.1, -0.05) is 36.4 Å². The molecule has 2 aliphatic heterocycles. The van der Waals surface area contributed by atoms with Gasteiger partial charge in [-0.2, -0.15) is 0 Å². The van der Waals surface area contributed by atoms with Gasteiger partial charge >= 0.3 is 0 Å². The van der Waals surface area contributed by atoms with E-state index in [0.29, 0.717) is 0 Å². The highest BCUT2D eigenvalue weighted by Gasteiger charge is 2.25. The summed E-state index contributed by atoms with van der Waals surface area (Å²) in [4.78, 5) is 10.4. The molecule has 0 bridgehead atoms. The number of aryl methyl sites for hydroxylation is 1. The van der Waals surface area contributed by atoms with E-state index >= 15 is 0 Å². The van der Waals surface area contributed by atoms with Crippen molar-refractivity contribution >= 4 is 38.5 Å². The van der Waals surface area contributed by atoms with Crippen LogP contribution in [0.5, 0.6) is 0 Å². The van der Waals surface area contributed by atoms with Gasteiger partial charge in [-0.25, -0.2) is 4.98 Å². The molecule has 28 heavy (non-hydrogen) atoms. The molecule has 4 nitrogen and oxygen atoms in total. The normalized spacial score (nSPS) is 17.8. The third-order valence-corrected chi connectivity index (χ3v) is 6.57. The predicted molar refractivity (Wildman–Crippen MR) is 117 cm³/mol. The number of hydrogen-bond acceptors (Lipinski definition) is 3. The highest BCUT2D eigenvalue weighted by molar-refractivity contribution is 6.16. The largest absolute Gasteiger partial charge is 0.368 e. The molecular formula is C24H26N4. The molecule has 6 rings (SSSR count). The molecule has 0 spiro atoms. The maximum atomic E-state index is 5.12. The van der Waals surface area contributed by atoms with Crippen molar-refractivity contribution in [1.82, 2.24) is 14.5 Å². The molecule has 0 radical (unpaired) electrons. The summed E-state index contributed by atoms with van der Waals surface area (Å²) in [5.41, 5.74) is 6.33. The SMILES string of the molecule is c1ccc2c3c4c(nc2c1)c1ccccc1n4CCCN3CCN1CCCC1. The fourth-order valence-electron chi connectivity index (χ4n) is 5.23. The Kier molecular flexibility index (Phi) is 3.79. The zero-order chi connectivity index (χ0) is 18.5. The molecule has 1 saturated heterocycles. The molecule has 142 valence electrons. The van der Waals surface area contributed by atoms with Crippen molar-refractivity contribution in [2.24, 2.45) is 0 Å². The first-order valence-corrected chi connectivity index (χ1v) is 10.7. The van der Waals surface area contributed by atoms with Gasteiger partial charge in [0.2, 0.25) is 0 Å². The average Bonchev–Trinajstić information content (AvgIpc) is 3.31. The average molecular weight is 371 g/mol. The van der Waals surface area contributed by atoms with Crippen LogP contribution in [0.25, 0.3) is 32.8 Å². The van der Waals surface area contributed by atoms with Crippen molar-refractivity contribution in [3.8, 4) is 0 Å². The lowest BCUT2D eigenvalue weighted by Crippen LogP contribution is -2.34. The zero-order valence-corrected chi connectivity index (χ0v) is 16.3. The van der Waals surface area contributed by atoms with Crippen LogP contribution in [-0.4, -0.2) is 47.2 Å². The first-order chi connectivity index (χ1) is 13.9. The number of benzene rings is 2. The molecule has 0 amide bonds. The Bertz CT molecular complexity index is 1170. The van der Waals surface area contributed by atoms with Crippen molar-refractivity contribution < 1.29 is 0 Å². The molecule has 4 heteroatoms. The van der Waals surface area contributed by atoms with Crippen LogP contribution in [-0.2, 0) is 6.54 Å². The van der Waals surface area contributed by atoms with E-state index < -0.39 is 0 Å². The number of para-hydroxylation sites is 2. The maximum absolute atomic E-state index is 5.12. The predicted octanol–water partition coefficient (Wildman–Crippen LogP) is 4.65. The van der Waals surface area contributed by atoms with E-state index in [1.807, 2.05) is 0 Å². The second kappa shape index (κ2) is 6.49. The molecular weight excluding hydrogens is 344 g/mol. The van der Waals surface area contributed by atoms with E-state index in [0.717, 1.165) is 30.7 Å². The topological polar surface area (TPSA) is 24.3 Å². The van der Waals surface area contributed by atoms with Crippen molar-refractivity contribution in [3.05, 3.63) is 48.5 Å². The van der Waals surface area contributed by atoms with E-state index in [1.165, 1.54) is 66.4 Å². The maximum Gasteiger partial charge on any atom is 0.0988 e. The number of likely N-dealkylation sites (tertiary alicyclic amines) is 1. The van der Waals surface area contributed by atoms with Crippen LogP contribution in [0.2, 0.25) is 0 Å². The smallest absolute Gasteiger partial charge is 0.0988 e. The Morgan fingerprint density at radius 3 is 2.43 bits per heavy atom. The summed E-state index contributed by atoms with van der Waals surface area (Å²) in [6.07, 6.45) is 3.89. The van der Waals surface area contributed by atoms with Gasteiger partial charge in [-0.05, 0) is 44.5 Å². The van der Waals surface area contributed by atoms with Crippen molar-refractivity contribution in [2.75, 3.05) is 37.6 Å². The van der Waals surface area contributed by atoms with Crippen molar-refractivity contribution in [1.29, 1.82) is 0 Å². The Hall–Kier alpha value is -2.59. The fourth-order valence-corrected chi connectivity index (χ4v) is 5.23. The van der Waals surface area contributed by atoms with E-state index in [9.17, 15) is 0 Å². The number of hydrogen-bond donors (Lipinski definition) is 0. The highest BCUT2D eigenvalue weighted by atomic mass is 15.2. The number of rotatable bonds is 3. The summed E-state index contributed by atoms with van der Waals surface area (Å²) in [7, 11) is 0. The van der Waals surface area contributed by atoms with Crippen LogP contribution in [0.3, 0.4) is 0 Å². The summed E-state index contributed by atoms with van der Waals surface area (Å²) in [5, 5.41) is 2.58. The number of pyridine rings is 1. The molecule has 0 unspecified atom stereocenters. The molecule has 0 saturated carbocycles. The number of nitrogens with zero attached hydrogens (tertiary/aromatic N) is 4. The number of fused-ring (bicyclic) bond motifs is 5. The molecule has 4 aromatic rings. The standard InChI is InChI=1S/C24H26N4/c1-3-10-20-18(8-1)23-24-22(25-20)19-9-2-4-11-21(19)28(24)15-7-14-27(23)17-16-26-12-5-6-13-26/h1-4,8-11H,5-7,12-17H2. The minimum absolute atomic E-state index is 1.07. The number of aromatic nitrogens is 2. The van der Waals surface area contributed by atoms with Crippen LogP contribution in [0.1, 0.15) is 19.3 Å². The second-order valence-corrected chi connectivity index (χ2v) is 8.23. The molecule has 0 N–H and O–H groups in total. The third kappa shape index (κ3) is 2.44. The van der Waals surface area contributed by atoms with Gasteiger partial charge in [0.25, 0.3) is 0 Å². The molecule has 0 aliphatic carbocycles. The first kappa shape index (κ1) is 16.4. The van der Waals surface area contributed by atoms with Gasteiger partial charge in [-0.3, -0.25) is 0 Å². The van der Waals surface area contributed by atoms with Gasteiger partial charge in [0.05, 0.1) is 27.8 Å². The van der Waals surface area contributed by atoms with Crippen LogP contribution in [0.15, 0.2) is 48.5 Å². The van der Waals surface area contributed by atoms with Gasteiger partial charge in [0, 0.05) is 37.0 Å². The summed E-state index contributed by atoms with van der Waals surface area (Å²) >= 11 is 0. The third-order valence-electron chi connectivity index (χ3n) is 6.57. The second-order valence-electron chi connectivity index (χ2n) is 8.23. The van der Waals surface area contributed by atoms with E-state index in [1.54, 1.807) is 0 Å².